The van der Waals surface area contributed by atoms with Crippen molar-refractivity contribution in [2.24, 2.45) is 5.92 Å². The highest BCUT2D eigenvalue weighted by molar-refractivity contribution is 5.78. The van der Waals surface area contributed by atoms with Crippen LogP contribution in [0.2, 0.25) is 0 Å². The fraction of sp³-hybridized carbons (Fsp3) is 0.684. The Bertz CT molecular complexity index is 631. The highest BCUT2D eigenvalue weighted by Gasteiger charge is 2.27. The molecule has 1 aliphatic heterocycles. The first-order valence-corrected chi connectivity index (χ1v) is 9.40. The van der Waals surface area contributed by atoms with E-state index in [2.05, 4.69) is 22.3 Å². The van der Waals surface area contributed by atoms with Gasteiger partial charge in [0.15, 0.2) is 0 Å². The number of rotatable bonds is 6. The summed E-state index contributed by atoms with van der Waals surface area (Å²) in [5, 5.41) is 7.78. The predicted molar refractivity (Wildman–Crippen MR) is 91.5 cm³/mol. The van der Waals surface area contributed by atoms with E-state index in [0.29, 0.717) is 19.6 Å². The van der Waals surface area contributed by atoms with Gasteiger partial charge in [-0.25, -0.2) is 0 Å². The van der Waals surface area contributed by atoms with Gasteiger partial charge in [0.05, 0.1) is 12.3 Å². The molecule has 4 rings (SSSR count). The quantitative estimate of drug-likeness (QED) is 0.817. The van der Waals surface area contributed by atoms with Crippen LogP contribution in [0.4, 0.5) is 0 Å². The summed E-state index contributed by atoms with van der Waals surface area (Å²) in [7, 11) is 0. The number of hydrogen-bond acceptors (Lipinski definition) is 3. The van der Waals surface area contributed by atoms with Gasteiger partial charge < -0.3 is 10.1 Å². The van der Waals surface area contributed by atoms with Crippen molar-refractivity contribution in [3.63, 3.8) is 0 Å². The van der Waals surface area contributed by atoms with E-state index in [1.165, 1.54) is 36.8 Å². The average Bonchev–Trinajstić information content (AvgIpc) is 3.30. The maximum atomic E-state index is 12.2. The van der Waals surface area contributed by atoms with Gasteiger partial charge in [-0.05, 0) is 56.4 Å². The molecule has 0 aromatic carbocycles. The van der Waals surface area contributed by atoms with Crippen LogP contribution in [0.5, 0.6) is 0 Å². The molecular formula is C19H27N3O2. The molecule has 1 unspecified atom stereocenters. The van der Waals surface area contributed by atoms with E-state index in [0.717, 1.165) is 37.4 Å². The maximum Gasteiger partial charge on any atom is 0.224 e. The molecule has 24 heavy (non-hydrogen) atoms. The van der Waals surface area contributed by atoms with Gasteiger partial charge in [0.2, 0.25) is 5.91 Å². The van der Waals surface area contributed by atoms with Crippen molar-refractivity contribution in [3.8, 4) is 0 Å². The number of carbonyl (C=O) groups excluding carboxylic acids is 1. The molecule has 1 aromatic rings. The monoisotopic (exact) mass is 329 g/mol. The van der Waals surface area contributed by atoms with E-state index >= 15 is 0 Å². The van der Waals surface area contributed by atoms with Crippen molar-refractivity contribution in [2.45, 2.75) is 64.0 Å². The fourth-order valence-electron chi connectivity index (χ4n) is 3.69. The minimum absolute atomic E-state index is 0.0986. The lowest BCUT2D eigenvalue weighted by atomic mass is 9.97. The first kappa shape index (κ1) is 15.9. The third kappa shape index (κ3) is 3.89. The summed E-state index contributed by atoms with van der Waals surface area (Å²) in [5.74, 6) is 0.922. The van der Waals surface area contributed by atoms with Crippen LogP contribution < -0.4 is 5.32 Å². The summed E-state index contributed by atoms with van der Waals surface area (Å²) < 4.78 is 7.96. The molecule has 0 bridgehead atoms. The standard InChI is InChI=1S/C19H27N3O2/c23-18(10-14-4-2-1-3-5-14)20-11-17-19-16(8-9-24-17)13-22(21-19)12-15-6-7-15/h4,13,15,17H,1-3,5-12H2,(H,20,23). The number of aromatic nitrogens is 2. The van der Waals surface area contributed by atoms with E-state index < -0.39 is 0 Å². The number of hydrogen-bond donors (Lipinski definition) is 1. The minimum atomic E-state index is -0.0986. The molecule has 5 heteroatoms. The smallest absolute Gasteiger partial charge is 0.224 e. The van der Waals surface area contributed by atoms with Crippen LogP contribution in [0.15, 0.2) is 17.8 Å². The van der Waals surface area contributed by atoms with Gasteiger partial charge in [-0.1, -0.05) is 11.6 Å². The van der Waals surface area contributed by atoms with Crippen LogP contribution in [0.3, 0.4) is 0 Å². The van der Waals surface area contributed by atoms with Crippen molar-refractivity contribution in [1.29, 1.82) is 0 Å². The third-order valence-electron chi connectivity index (χ3n) is 5.26. The van der Waals surface area contributed by atoms with Crippen molar-refractivity contribution in [2.75, 3.05) is 13.2 Å². The number of amides is 1. The minimum Gasteiger partial charge on any atom is -0.370 e. The first-order valence-electron chi connectivity index (χ1n) is 9.40. The van der Waals surface area contributed by atoms with Gasteiger partial charge in [-0.2, -0.15) is 5.10 Å². The predicted octanol–water partition coefficient (Wildman–Crippen LogP) is 2.91. The Morgan fingerprint density at radius 2 is 2.25 bits per heavy atom. The van der Waals surface area contributed by atoms with E-state index in [9.17, 15) is 4.79 Å². The zero-order chi connectivity index (χ0) is 16.4. The fourth-order valence-corrected chi connectivity index (χ4v) is 3.69. The van der Waals surface area contributed by atoms with Crippen molar-refractivity contribution in [3.05, 3.63) is 29.1 Å². The van der Waals surface area contributed by atoms with Crippen LogP contribution in [0, 0.1) is 5.92 Å². The molecule has 1 atom stereocenters. The van der Waals surface area contributed by atoms with Crippen LogP contribution in [0.1, 0.15) is 62.3 Å². The molecule has 1 amide bonds. The average molecular weight is 329 g/mol. The second-order valence-electron chi connectivity index (χ2n) is 7.40. The van der Waals surface area contributed by atoms with Gasteiger partial charge in [-0.3, -0.25) is 9.48 Å². The summed E-state index contributed by atoms with van der Waals surface area (Å²) in [6.07, 6.45) is 13.1. The summed E-state index contributed by atoms with van der Waals surface area (Å²) in [6.45, 7) is 2.27. The van der Waals surface area contributed by atoms with Gasteiger partial charge in [0, 0.05) is 25.7 Å². The molecule has 0 radical (unpaired) electrons. The molecule has 1 aromatic heterocycles. The van der Waals surface area contributed by atoms with Crippen LogP contribution >= 0.6 is 0 Å². The van der Waals surface area contributed by atoms with Crippen molar-refractivity contribution < 1.29 is 9.53 Å². The zero-order valence-electron chi connectivity index (χ0n) is 14.3. The van der Waals surface area contributed by atoms with Crippen LogP contribution in [0.25, 0.3) is 0 Å². The Hall–Kier alpha value is -1.62. The SMILES string of the molecule is O=C(CC1=CCCCC1)NCC1OCCc2cn(CC3CC3)nc21. The number of nitrogens with one attached hydrogen (secondary N) is 1. The highest BCUT2D eigenvalue weighted by Crippen LogP contribution is 2.32. The normalized spacial score (nSPS) is 23.5. The number of ether oxygens (including phenoxy) is 1. The van der Waals surface area contributed by atoms with Crippen molar-refractivity contribution in [1.82, 2.24) is 15.1 Å². The van der Waals surface area contributed by atoms with Gasteiger partial charge in [0.1, 0.15) is 6.10 Å². The lowest BCUT2D eigenvalue weighted by molar-refractivity contribution is -0.121. The molecule has 0 spiro atoms. The molecule has 130 valence electrons. The number of carbonyl (C=O) groups is 1. The summed E-state index contributed by atoms with van der Waals surface area (Å²) in [4.78, 5) is 12.2. The summed E-state index contributed by atoms with van der Waals surface area (Å²) in [6, 6.07) is 0. The van der Waals surface area contributed by atoms with Gasteiger partial charge in [-0.15, -0.1) is 0 Å². The van der Waals surface area contributed by atoms with E-state index in [4.69, 9.17) is 9.84 Å². The molecule has 0 saturated heterocycles. The largest absolute Gasteiger partial charge is 0.370 e. The molecular weight excluding hydrogens is 302 g/mol. The number of fused-ring (bicyclic) bond motifs is 1. The molecule has 2 aliphatic carbocycles. The molecule has 1 N–H and O–H groups in total. The number of nitrogens with zero attached hydrogens (tertiary/aromatic N) is 2. The van der Waals surface area contributed by atoms with Crippen LogP contribution in [-0.2, 0) is 22.5 Å². The van der Waals surface area contributed by atoms with Gasteiger partial charge in [0.25, 0.3) is 0 Å². The molecule has 1 fully saturated rings. The van der Waals surface area contributed by atoms with E-state index in [-0.39, 0.29) is 12.0 Å². The summed E-state index contributed by atoms with van der Waals surface area (Å²) >= 11 is 0. The summed E-state index contributed by atoms with van der Waals surface area (Å²) in [5.41, 5.74) is 3.60. The first-order chi connectivity index (χ1) is 11.8. The Labute approximate surface area is 143 Å². The van der Waals surface area contributed by atoms with Crippen LogP contribution in [-0.4, -0.2) is 28.8 Å². The second kappa shape index (κ2) is 7.09. The van der Waals surface area contributed by atoms with Crippen molar-refractivity contribution >= 4 is 5.91 Å². The molecule has 5 nitrogen and oxygen atoms in total. The lowest BCUT2D eigenvalue weighted by Gasteiger charge is -2.22. The molecule has 3 aliphatic rings. The lowest BCUT2D eigenvalue weighted by Crippen LogP contribution is -2.32. The highest BCUT2D eigenvalue weighted by atomic mass is 16.5. The Balaban J connectivity index is 1.32. The third-order valence-corrected chi connectivity index (χ3v) is 5.26. The molecule has 1 saturated carbocycles. The van der Waals surface area contributed by atoms with Gasteiger partial charge >= 0.3 is 0 Å². The van der Waals surface area contributed by atoms with E-state index in [1.807, 2.05) is 0 Å². The second-order valence-corrected chi connectivity index (χ2v) is 7.40. The van der Waals surface area contributed by atoms with E-state index in [1.54, 1.807) is 0 Å². The Morgan fingerprint density at radius 1 is 1.33 bits per heavy atom. The topological polar surface area (TPSA) is 56.1 Å². The maximum absolute atomic E-state index is 12.2. The Morgan fingerprint density at radius 3 is 3.04 bits per heavy atom. The zero-order valence-corrected chi connectivity index (χ0v) is 14.3. The molecule has 2 heterocycles. The number of allylic oxidation sites excluding steroid dienone is 1. The Kier molecular flexibility index (Phi) is 4.69.